The van der Waals surface area contributed by atoms with E-state index in [1.54, 1.807) is 30.7 Å². The van der Waals surface area contributed by atoms with Crippen LogP contribution in [0.5, 0.6) is 28.7 Å². The second-order valence-electron chi connectivity index (χ2n) is 16.8. The SMILES string of the molecule is CNCC1CN=C(NCCCc2ccnc(N)c2)NC12CCCC(Oc1cc(CCC3CC(OC(C)=O)CC(c4cc(O)c(O)c(OCCc5cccnc5)c4)O3)ccc1O)C2. The lowest BCUT2D eigenvalue weighted by Crippen LogP contribution is -2.65. The van der Waals surface area contributed by atoms with Crippen molar-refractivity contribution < 1.29 is 39.1 Å². The maximum atomic E-state index is 12.1. The Bertz CT molecular complexity index is 2140. The third-order valence-corrected chi connectivity index (χ3v) is 12.2. The molecule has 15 nitrogen and oxygen atoms in total. The van der Waals surface area contributed by atoms with E-state index in [9.17, 15) is 20.1 Å². The number of benzene rings is 2. The number of nitrogens with two attached hydrogens (primary N) is 1. The molecule has 2 aliphatic heterocycles. The van der Waals surface area contributed by atoms with Crippen molar-refractivity contribution in [1.29, 1.82) is 0 Å². The van der Waals surface area contributed by atoms with Gasteiger partial charge in [0.15, 0.2) is 29.0 Å². The molecule has 0 radical (unpaired) electrons. The summed E-state index contributed by atoms with van der Waals surface area (Å²) in [7, 11) is 1.98. The van der Waals surface area contributed by atoms with Gasteiger partial charge in [0.25, 0.3) is 0 Å². The topological polar surface area (TPSA) is 215 Å². The van der Waals surface area contributed by atoms with E-state index in [2.05, 4.69) is 25.9 Å². The van der Waals surface area contributed by atoms with Crippen LogP contribution in [0.4, 0.5) is 5.82 Å². The molecule has 4 heterocycles. The number of aromatic nitrogens is 2. The lowest BCUT2D eigenvalue weighted by Gasteiger charge is -2.49. The predicted molar refractivity (Wildman–Crippen MR) is 235 cm³/mol. The number of anilines is 1. The van der Waals surface area contributed by atoms with E-state index in [0.717, 1.165) is 74.3 Å². The number of aryl methyl sites for hydroxylation is 2. The highest BCUT2D eigenvalue weighted by Crippen LogP contribution is 2.43. The highest BCUT2D eigenvalue weighted by atomic mass is 16.6. The van der Waals surface area contributed by atoms with Crippen molar-refractivity contribution in [1.82, 2.24) is 25.9 Å². The van der Waals surface area contributed by atoms with Gasteiger partial charge in [0.2, 0.25) is 5.75 Å². The second kappa shape index (κ2) is 20.8. The fourth-order valence-electron chi connectivity index (χ4n) is 9.10. The summed E-state index contributed by atoms with van der Waals surface area (Å²) in [5, 5.41) is 43.1. The van der Waals surface area contributed by atoms with E-state index >= 15 is 0 Å². The Morgan fingerprint density at radius 2 is 1.85 bits per heavy atom. The van der Waals surface area contributed by atoms with Gasteiger partial charge in [-0.3, -0.25) is 14.8 Å². The first-order valence-corrected chi connectivity index (χ1v) is 21.9. The Hall–Kier alpha value is -5.80. The molecule has 332 valence electrons. The van der Waals surface area contributed by atoms with E-state index < -0.39 is 12.2 Å². The number of pyridine rings is 2. The Labute approximate surface area is 363 Å². The zero-order valence-corrected chi connectivity index (χ0v) is 35.7. The summed E-state index contributed by atoms with van der Waals surface area (Å²) in [6.45, 7) is 3.94. The highest BCUT2D eigenvalue weighted by Gasteiger charge is 2.46. The van der Waals surface area contributed by atoms with Crippen LogP contribution in [-0.4, -0.2) is 94.4 Å². The molecule has 2 aromatic heterocycles. The quantitative estimate of drug-likeness (QED) is 0.0388. The molecule has 3 aliphatic rings. The molecule has 62 heavy (non-hydrogen) atoms. The van der Waals surface area contributed by atoms with Crippen molar-refractivity contribution in [2.75, 3.05) is 39.0 Å². The number of aliphatic imine (C=N–C) groups is 1. The van der Waals surface area contributed by atoms with Crippen molar-refractivity contribution in [2.45, 2.75) is 108 Å². The van der Waals surface area contributed by atoms with E-state index in [4.69, 9.17) is 29.7 Å². The van der Waals surface area contributed by atoms with Gasteiger partial charge in [-0.2, -0.15) is 0 Å². The monoisotopic (exact) mass is 851 g/mol. The third-order valence-electron chi connectivity index (χ3n) is 12.2. The molecule has 8 N–H and O–H groups in total. The molecule has 1 saturated heterocycles. The molecule has 7 rings (SSSR count). The van der Waals surface area contributed by atoms with E-state index in [1.165, 1.54) is 13.0 Å². The number of rotatable bonds is 17. The molecule has 2 aromatic carbocycles. The van der Waals surface area contributed by atoms with E-state index in [0.29, 0.717) is 55.8 Å². The molecule has 6 unspecified atom stereocenters. The molecule has 1 spiro atoms. The molecule has 4 aromatic rings. The smallest absolute Gasteiger partial charge is 0.302 e. The standard InChI is InChI=1S/C47H61N7O8/c1-30(55)60-38-24-36(61-41(25-38)34-22-40(57)45(58)43(23-34)59-19-14-33-7-4-16-50-27-33)11-9-32-10-12-39(56)42(20-32)62-37-8-3-15-47(26-37)35(28-49-2)29-53-46(54-47)52-17-5-6-31-13-18-51-44(48)21-31/h4,7,10,12-13,16,18,20-23,27,35-38,41,49,56-58H,3,5-6,8-9,11,14-15,17,19,24-26,28-29H2,1-2H3,(H2,48,51)(H2,52,53,54). The normalized spacial score (nSPS) is 23.5. The van der Waals surface area contributed by atoms with Crippen LogP contribution in [-0.2, 0) is 33.5 Å². The minimum Gasteiger partial charge on any atom is -0.504 e. The summed E-state index contributed by atoms with van der Waals surface area (Å²) in [6.07, 6.45) is 11.9. The van der Waals surface area contributed by atoms with Crippen LogP contribution in [0.15, 0.2) is 78.2 Å². The second-order valence-corrected chi connectivity index (χ2v) is 16.8. The molecular weight excluding hydrogens is 791 g/mol. The molecule has 15 heteroatoms. The summed E-state index contributed by atoms with van der Waals surface area (Å²) in [4.78, 5) is 25.2. The van der Waals surface area contributed by atoms with Crippen LogP contribution in [0.3, 0.4) is 0 Å². The van der Waals surface area contributed by atoms with Crippen molar-refractivity contribution in [3.05, 3.63) is 95.4 Å². The van der Waals surface area contributed by atoms with Crippen LogP contribution in [0.2, 0.25) is 0 Å². The van der Waals surface area contributed by atoms with Gasteiger partial charge in [0.1, 0.15) is 18.0 Å². The van der Waals surface area contributed by atoms with Gasteiger partial charge >= 0.3 is 5.97 Å². The maximum absolute atomic E-state index is 12.1. The highest BCUT2D eigenvalue weighted by molar-refractivity contribution is 5.81. The van der Waals surface area contributed by atoms with E-state index in [-0.39, 0.29) is 59.2 Å². The molecular formula is C47H61N7O8. The number of hydrogen-bond acceptors (Lipinski definition) is 15. The van der Waals surface area contributed by atoms with Gasteiger partial charge in [-0.25, -0.2) is 4.98 Å². The Morgan fingerprint density at radius 1 is 0.984 bits per heavy atom. The number of carbonyl (C=O) groups excluding carboxylic acids is 1. The third kappa shape index (κ3) is 11.8. The average molecular weight is 852 g/mol. The number of phenolic OH excluding ortho intramolecular Hbond substituents is 3. The first-order valence-electron chi connectivity index (χ1n) is 21.9. The molecule has 1 saturated carbocycles. The summed E-state index contributed by atoms with van der Waals surface area (Å²) >= 11 is 0. The first kappa shape index (κ1) is 44.3. The Kier molecular flexibility index (Phi) is 14.9. The van der Waals surface area contributed by atoms with Crippen LogP contribution in [0.25, 0.3) is 0 Å². The molecule has 6 atom stereocenters. The number of nitrogens with one attached hydrogen (secondary N) is 3. The van der Waals surface area contributed by atoms with Crippen LogP contribution in [0, 0.1) is 5.92 Å². The Balaban J connectivity index is 0.973. The molecule has 0 amide bonds. The lowest BCUT2D eigenvalue weighted by molar-refractivity contribution is -0.160. The van der Waals surface area contributed by atoms with Crippen molar-refractivity contribution in [3.63, 3.8) is 0 Å². The largest absolute Gasteiger partial charge is 0.504 e. The zero-order chi connectivity index (χ0) is 43.5. The minimum atomic E-state index is -0.532. The van der Waals surface area contributed by atoms with Gasteiger partial charge in [-0.1, -0.05) is 12.1 Å². The van der Waals surface area contributed by atoms with Crippen molar-refractivity contribution >= 4 is 17.7 Å². The van der Waals surface area contributed by atoms with Gasteiger partial charge in [0, 0.05) is 82.3 Å². The van der Waals surface area contributed by atoms with Crippen LogP contribution in [0.1, 0.15) is 86.6 Å². The average Bonchev–Trinajstić information content (AvgIpc) is 3.25. The van der Waals surface area contributed by atoms with Gasteiger partial charge in [-0.15, -0.1) is 0 Å². The van der Waals surface area contributed by atoms with Crippen LogP contribution >= 0.6 is 0 Å². The lowest BCUT2D eigenvalue weighted by atomic mass is 9.70. The predicted octanol–water partition coefficient (Wildman–Crippen LogP) is 5.66. The maximum Gasteiger partial charge on any atom is 0.302 e. The number of nitrogens with zero attached hydrogens (tertiary/aromatic N) is 3. The number of esters is 1. The number of carbonyl (C=O) groups is 1. The minimum absolute atomic E-state index is 0.0890. The number of ether oxygens (including phenoxy) is 4. The number of hydrogen-bond donors (Lipinski definition) is 7. The number of phenols is 3. The van der Waals surface area contributed by atoms with E-state index in [1.807, 2.05) is 43.4 Å². The van der Waals surface area contributed by atoms with Gasteiger partial charge in [0.05, 0.1) is 18.8 Å². The molecule has 1 aliphatic carbocycles. The van der Waals surface area contributed by atoms with Gasteiger partial charge in [-0.05, 0) is 117 Å². The fourth-order valence-corrected chi connectivity index (χ4v) is 9.10. The zero-order valence-electron chi connectivity index (χ0n) is 35.7. The number of aromatic hydroxyl groups is 3. The summed E-state index contributed by atoms with van der Waals surface area (Å²) in [5.74, 6) is 1.23. The fraction of sp³-hybridized carbons (Fsp3) is 0.489. The first-order chi connectivity index (χ1) is 30.1. The van der Waals surface area contributed by atoms with Crippen LogP contribution < -0.4 is 31.2 Å². The number of nitrogen functional groups attached to an aromatic ring is 1. The van der Waals surface area contributed by atoms with Gasteiger partial charge < -0.3 is 56.0 Å². The van der Waals surface area contributed by atoms with Crippen molar-refractivity contribution in [2.24, 2.45) is 10.9 Å². The summed E-state index contributed by atoms with van der Waals surface area (Å²) in [5.41, 5.74) is 9.36. The summed E-state index contributed by atoms with van der Waals surface area (Å²) < 4.78 is 24.9. The molecule has 0 bridgehead atoms. The Morgan fingerprint density at radius 3 is 2.66 bits per heavy atom. The summed E-state index contributed by atoms with van der Waals surface area (Å²) in [6, 6.07) is 16.3. The molecule has 2 fully saturated rings. The van der Waals surface area contributed by atoms with Crippen molar-refractivity contribution in [3.8, 4) is 28.7 Å². The number of guanidine groups is 1.